The third-order valence-corrected chi connectivity index (χ3v) is 12.0. The van der Waals surface area contributed by atoms with E-state index >= 15 is 0 Å². The lowest BCUT2D eigenvalue weighted by Crippen LogP contribution is -2.61. The summed E-state index contributed by atoms with van der Waals surface area (Å²) in [6.45, 7) is 11.9. The largest absolute Gasteiger partial charge is 0.481 e. The highest BCUT2D eigenvalue weighted by atomic mass is 16.7. The molecule has 4 bridgehead atoms. The summed E-state index contributed by atoms with van der Waals surface area (Å²) in [6.07, 6.45) is 3.15. The highest BCUT2D eigenvalue weighted by Gasteiger charge is 2.89. The Morgan fingerprint density at radius 1 is 1.19 bits per heavy atom. The fraction of sp³-hybridized carbons (Fsp3) is 0.848. The number of allylic oxidation sites excluding steroid dienone is 1. The van der Waals surface area contributed by atoms with Gasteiger partial charge in [0.15, 0.2) is 12.4 Å². The number of aliphatic hydroxyl groups excluding tert-OH is 1. The number of aliphatic hydroxyl groups is 1. The minimum absolute atomic E-state index is 0.0111. The van der Waals surface area contributed by atoms with Gasteiger partial charge in [0.2, 0.25) is 0 Å². The van der Waals surface area contributed by atoms with Crippen LogP contribution in [-0.4, -0.2) is 72.9 Å². The molecular formula is C33H50O9. The van der Waals surface area contributed by atoms with Gasteiger partial charge in [0, 0.05) is 12.5 Å². The third-order valence-electron chi connectivity index (χ3n) is 12.0. The molecule has 1 aliphatic heterocycles. The molecule has 0 amide bonds. The van der Waals surface area contributed by atoms with E-state index in [-0.39, 0.29) is 42.1 Å². The first-order chi connectivity index (χ1) is 19.9. The maximum Gasteiger partial charge on any atom is 0.315 e. The van der Waals surface area contributed by atoms with E-state index < -0.39 is 58.9 Å². The molecule has 0 aromatic heterocycles. The number of methoxy groups -OCH3 is 1. The van der Waals surface area contributed by atoms with E-state index in [1.165, 1.54) is 7.11 Å². The monoisotopic (exact) mass is 590 g/mol. The first-order valence-electron chi connectivity index (χ1n) is 16.0. The number of fused-ring (bicyclic) bond motifs is 2. The zero-order valence-corrected chi connectivity index (χ0v) is 26.2. The number of hydrogen-bond donors (Lipinski definition) is 2. The van der Waals surface area contributed by atoms with Crippen LogP contribution in [0.1, 0.15) is 80.1 Å². The van der Waals surface area contributed by atoms with Crippen molar-refractivity contribution in [2.75, 3.05) is 13.7 Å². The predicted octanol–water partition coefficient (Wildman–Crippen LogP) is 4.40. The number of carboxylic acid groups (broad SMARTS) is 1. The van der Waals surface area contributed by atoms with Gasteiger partial charge in [-0.1, -0.05) is 65.5 Å². The average Bonchev–Trinajstić information content (AvgIpc) is 3.62. The van der Waals surface area contributed by atoms with Gasteiger partial charge < -0.3 is 34.0 Å². The Hall–Kier alpha value is -1.81. The molecule has 4 fully saturated rings. The van der Waals surface area contributed by atoms with Gasteiger partial charge in [-0.05, 0) is 55.8 Å². The maximum absolute atomic E-state index is 13.6. The summed E-state index contributed by atoms with van der Waals surface area (Å²) in [4.78, 5) is 39.7. The van der Waals surface area contributed by atoms with Crippen LogP contribution in [0.5, 0.6) is 0 Å². The van der Waals surface area contributed by atoms with Crippen molar-refractivity contribution >= 4 is 18.2 Å². The predicted molar refractivity (Wildman–Crippen MR) is 153 cm³/mol. The molecule has 13 atom stereocenters. The molecular weight excluding hydrogens is 540 g/mol. The molecule has 0 spiro atoms. The summed E-state index contributed by atoms with van der Waals surface area (Å²) in [5, 5.41) is 22.6. The molecule has 0 aromatic carbocycles. The quantitative estimate of drug-likeness (QED) is 0.193. The fourth-order valence-corrected chi connectivity index (χ4v) is 10.4. The van der Waals surface area contributed by atoms with Crippen LogP contribution < -0.4 is 0 Å². The highest BCUT2D eigenvalue weighted by molar-refractivity contribution is 5.91. The lowest BCUT2D eigenvalue weighted by molar-refractivity contribution is -0.308. The molecule has 5 aliphatic rings. The van der Waals surface area contributed by atoms with Gasteiger partial charge in [-0.3, -0.25) is 9.59 Å². The summed E-state index contributed by atoms with van der Waals surface area (Å²) in [5.74, 6) is -1.67. The molecule has 5 rings (SSSR count). The van der Waals surface area contributed by atoms with E-state index in [0.29, 0.717) is 12.8 Å². The van der Waals surface area contributed by atoms with Crippen molar-refractivity contribution in [3.05, 3.63) is 11.6 Å². The molecule has 236 valence electrons. The SMILES string of the molecule is CCCCC(C)C(=O)O[C@H]1[C@H](O)[C@H](OCC23C4C=C(C(C)C)C2(C(=O)O)C(C=O)(C4)[C@@H]2CC[C@@H](C)[C@H]23)O[C@H](C)[C@H]1OC. The number of aldehydes is 1. The second kappa shape index (κ2) is 11.3. The molecule has 9 nitrogen and oxygen atoms in total. The van der Waals surface area contributed by atoms with Gasteiger partial charge in [-0.2, -0.15) is 0 Å². The van der Waals surface area contributed by atoms with E-state index in [1.807, 2.05) is 20.8 Å². The van der Waals surface area contributed by atoms with Crippen molar-refractivity contribution in [2.45, 2.75) is 111 Å². The smallest absolute Gasteiger partial charge is 0.315 e. The van der Waals surface area contributed by atoms with Crippen LogP contribution in [0.3, 0.4) is 0 Å². The van der Waals surface area contributed by atoms with E-state index in [4.69, 9.17) is 18.9 Å². The van der Waals surface area contributed by atoms with Crippen molar-refractivity contribution in [2.24, 2.45) is 51.8 Å². The van der Waals surface area contributed by atoms with Gasteiger partial charge in [-0.25, -0.2) is 0 Å². The van der Waals surface area contributed by atoms with E-state index in [1.54, 1.807) is 6.92 Å². The Labute approximate surface area is 249 Å². The molecule has 0 radical (unpaired) electrons. The Bertz CT molecular complexity index is 1100. The van der Waals surface area contributed by atoms with Crippen molar-refractivity contribution < 1.29 is 43.5 Å². The Kier molecular flexibility index (Phi) is 8.49. The second-order valence-corrected chi connectivity index (χ2v) is 14.2. The van der Waals surface area contributed by atoms with Crippen molar-refractivity contribution in [1.29, 1.82) is 0 Å². The van der Waals surface area contributed by atoms with Gasteiger partial charge in [0.1, 0.15) is 23.9 Å². The number of ether oxygens (including phenoxy) is 4. The van der Waals surface area contributed by atoms with Crippen molar-refractivity contribution in [3.63, 3.8) is 0 Å². The van der Waals surface area contributed by atoms with Gasteiger partial charge >= 0.3 is 11.9 Å². The summed E-state index contributed by atoms with van der Waals surface area (Å²) in [6, 6.07) is 0. The third kappa shape index (κ3) is 3.98. The van der Waals surface area contributed by atoms with Gasteiger partial charge in [-0.15, -0.1) is 0 Å². The lowest BCUT2D eigenvalue weighted by Gasteiger charge is -2.48. The first-order valence-corrected chi connectivity index (χ1v) is 16.0. The van der Waals surface area contributed by atoms with Gasteiger partial charge in [0.05, 0.1) is 24.0 Å². The van der Waals surface area contributed by atoms with Crippen molar-refractivity contribution in [3.8, 4) is 0 Å². The highest BCUT2D eigenvalue weighted by Crippen LogP contribution is 2.87. The van der Waals surface area contributed by atoms with Crippen LogP contribution >= 0.6 is 0 Å². The average molecular weight is 591 g/mol. The standard InChI is InChI=1S/C33H50O9/c1-8-9-10-19(5)28(36)42-27-25(35)29(41-20(6)26(27)39-7)40-16-32-21-13-23(17(2)3)33(32,30(37)38)31(14-21,15-34)22-12-11-18(4)24(22)32/h13,15,17-22,24-27,29,35H,8-12,14,16H2,1-7H3,(H,37,38)/t18-,19?,20-,21?,22-,24-,25+,26-,27+,29-,31?,32?,33?/m1/s1. The molecule has 42 heavy (non-hydrogen) atoms. The first kappa shape index (κ1) is 31.6. The van der Waals surface area contributed by atoms with Crippen molar-refractivity contribution in [1.82, 2.24) is 0 Å². The minimum Gasteiger partial charge on any atom is -0.481 e. The number of aliphatic carboxylic acids is 1. The van der Waals surface area contributed by atoms with Crippen LogP contribution in [0.25, 0.3) is 0 Å². The van der Waals surface area contributed by atoms with Gasteiger partial charge in [0.25, 0.3) is 0 Å². The van der Waals surface area contributed by atoms with Crippen LogP contribution in [0, 0.1) is 51.8 Å². The Balaban J connectivity index is 1.47. The molecule has 5 unspecified atom stereocenters. The van der Waals surface area contributed by atoms with E-state index in [9.17, 15) is 24.6 Å². The molecule has 0 aromatic rings. The normalized spacial score (nSPS) is 46.0. The summed E-state index contributed by atoms with van der Waals surface area (Å²) < 4.78 is 24.1. The van der Waals surface area contributed by atoms with E-state index in [2.05, 4.69) is 19.9 Å². The summed E-state index contributed by atoms with van der Waals surface area (Å²) in [5.41, 5.74) is -2.37. The van der Waals surface area contributed by atoms with Crippen LogP contribution in [0.2, 0.25) is 0 Å². The number of carboxylic acids is 1. The van der Waals surface area contributed by atoms with Crippen LogP contribution in [0.4, 0.5) is 0 Å². The maximum atomic E-state index is 13.6. The second-order valence-electron chi connectivity index (χ2n) is 14.2. The molecule has 3 saturated carbocycles. The molecule has 4 aliphatic carbocycles. The number of carbonyl (C=O) groups excluding carboxylic acids is 2. The number of hydrogen-bond acceptors (Lipinski definition) is 8. The Morgan fingerprint density at radius 2 is 1.90 bits per heavy atom. The van der Waals surface area contributed by atoms with E-state index in [0.717, 1.165) is 37.5 Å². The topological polar surface area (TPSA) is 129 Å². The molecule has 1 saturated heterocycles. The zero-order chi connectivity index (χ0) is 30.8. The molecule has 2 N–H and O–H groups in total. The summed E-state index contributed by atoms with van der Waals surface area (Å²) in [7, 11) is 1.49. The Morgan fingerprint density at radius 3 is 2.50 bits per heavy atom. The molecule has 9 heteroatoms. The fourth-order valence-electron chi connectivity index (χ4n) is 10.4. The number of rotatable bonds is 12. The molecule has 1 heterocycles. The summed E-state index contributed by atoms with van der Waals surface area (Å²) >= 11 is 0. The minimum atomic E-state index is -1.37. The zero-order valence-electron chi connectivity index (χ0n) is 26.2. The number of carbonyl (C=O) groups is 3. The number of esters is 1. The van der Waals surface area contributed by atoms with Crippen LogP contribution in [-0.2, 0) is 33.3 Å². The number of unbranched alkanes of at least 4 members (excludes halogenated alkanes) is 1. The lowest BCUT2D eigenvalue weighted by atomic mass is 9.55. The van der Waals surface area contributed by atoms with Crippen LogP contribution in [0.15, 0.2) is 11.6 Å².